The van der Waals surface area contributed by atoms with Crippen molar-refractivity contribution in [3.05, 3.63) is 89.4 Å². The van der Waals surface area contributed by atoms with Gasteiger partial charge in [0.1, 0.15) is 12.6 Å². The highest BCUT2D eigenvalue weighted by molar-refractivity contribution is 5.97. The highest BCUT2D eigenvalue weighted by atomic mass is 16.7. The summed E-state index contributed by atoms with van der Waals surface area (Å²) in [5.74, 6) is 1.22. The Morgan fingerprint density at radius 2 is 1.83 bits per heavy atom. The zero-order valence-corrected chi connectivity index (χ0v) is 18.8. The van der Waals surface area contributed by atoms with Crippen LogP contribution < -0.4 is 9.47 Å². The number of para-hydroxylation sites is 1. The monoisotopic (exact) mass is 466 g/mol. The van der Waals surface area contributed by atoms with Gasteiger partial charge in [0.15, 0.2) is 11.5 Å². The van der Waals surface area contributed by atoms with Crippen molar-refractivity contribution in [2.75, 3.05) is 13.3 Å². The Hall–Kier alpha value is -4.33. The van der Waals surface area contributed by atoms with Crippen molar-refractivity contribution in [1.82, 2.24) is 19.8 Å². The number of amides is 2. The molecule has 0 bridgehead atoms. The molecule has 0 aliphatic carbocycles. The van der Waals surface area contributed by atoms with Crippen LogP contribution in [0.5, 0.6) is 11.5 Å². The van der Waals surface area contributed by atoms with Gasteiger partial charge in [-0.1, -0.05) is 24.3 Å². The molecule has 7 rings (SSSR count). The zero-order valence-electron chi connectivity index (χ0n) is 18.8. The number of hydrogen-bond acceptors (Lipinski definition) is 5. The van der Waals surface area contributed by atoms with Gasteiger partial charge in [0.25, 0.3) is 0 Å². The maximum Gasteiger partial charge on any atom is 0.246 e. The van der Waals surface area contributed by atoms with E-state index in [4.69, 9.17) is 9.47 Å². The molecule has 2 aromatic carbocycles. The van der Waals surface area contributed by atoms with Crippen LogP contribution in [0, 0.1) is 0 Å². The molecule has 8 nitrogen and oxygen atoms in total. The van der Waals surface area contributed by atoms with E-state index in [9.17, 15) is 9.59 Å². The number of ether oxygens (including phenoxy) is 2. The van der Waals surface area contributed by atoms with Gasteiger partial charge in [-0.15, -0.1) is 0 Å². The number of pyridine rings is 1. The SMILES string of the molecule is O=C1[C@H]2Cc3c([nH]c4ccccc34)[C@H](c3ccc4c(c3)OCO4)N2C(=O)CN1Cc1ccncc1. The van der Waals surface area contributed by atoms with E-state index in [0.29, 0.717) is 24.5 Å². The van der Waals surface area contributed by atoms with Gasteiger partial charge in [-0.25, -0.2) is 0 Å². The molecule has 4 aromatic rings. The first-order chi connectivity index (χ1) is 17.2. The predicted octanol–water partition coefficient (Wildman–Crippen LogP) is 3.18. The molecule has 1 saturated heterocycles. The molecule has 1 N–H and O–H groups in total. The molecule has 3 aliphatic heterocycles. The van der Waals surface area contributed by atoms with E-state index in [2.05, 4.69) is 16.0 Å². The molecule has 3 aliphatic rings. The van der Waals surface area contributed by atoms with Crippen LogP contribution in [-0.2, 0) is 22.6 Å². The molecule has 2 amide bonds. The van der Waals surface area contributed by atoms with Gasteiger partial charge < -0.3 is 24.3 Å². The number of nitrogens with one attached hydrogen (secondary N) is 1. The summed E-state index contributed by atoms with van der Waals surface area (Å²) < 4.78 is 11.1. The maximum atomic E-state index is 13.8. The van der Waals surface area contributed by atoms with Crippen LogP contribution in [0.3, 0.4) is 0 Å². The number of piperazine rings is 1. The minimum absolute atomic E-state index is 0.0360. The molecular formula is C27H22N4O4. The van der Waals surface area contributed by atoms with E-state index in [-0.39, 0.29) is 25.2 Å². The Bertz CT molecular complexity index is 1480. The lowest BCUT2D eigenvalue weighted by atomic mass is 9.86. The highest BCUT2D eigenvalue weighted by Crippen LogP contribution is 2.45. The second kappa shape index (κ2) is 7.59. The van der Waals surface area contributed by atoms with Crippen molar-refractivity contribution in [1.29, 1.82) is 0 Å². The second-order valence-electron chi connectivity index (χ2n) is 9.15. The largest absolute Gasteiger partial charge is 0.454 e. The molecule has 8 heteroatoms. The van der Waals surface area contributed by atoms with E-state index in [1.807, 2.05) is 48.5 Å². The van der Waals surface area contributed by atoms with Crippen LogP contribution in [-0.4, -0.2) is 51.0 Å². The standard InChI is InChI=1S/C27H22N4O4/c32-24-14-30(13-16-7-9-28-10-8-16)27(33)21-12-19-18-3-1-2-4-20(18)29-25(19)26(31(21)24)17-5-6-22-23(11-17)35-15-34-22/h1-11,21,26,29H,12-15H2/t21-,26+/m1/s1. The number of benzene rings is 2. The summed E-state index contributed by atoms with van der Waals surface area (Å²) in [7, 11) is 0. The number of carbonyl (C=O) groups is 2. The van der Waals surface area contributed by atoms with Gasteiger partial charge in [0.05, 0.1) is 6.04 Å². The second-order valence-corrected chi connectivity index (χ2v) is 9.15. The van der Waals surface area contributed by atoms with Gasteiger partial charge in [0, 0.05) is 42.0 Å². The Morgan fingerprint density at radius 3 is 2.71 bits per heavy atom. The first-order valence-corrected chi connectivity index (χ1v) is 11.7. The molecule has 35 heavy (non-hydrogen) atoms. The Labute approximate surface area is 201 Å². The zero-order chi connectivity index (χ0) is 23.5. The van der Waals surface area contributed by atoms with E-state index in [1.165, 1.54) is 0 Å². The van der Waals surface area contributed by atoms with E-state index < -0.39 is 12.1 Å². The molecule has 0 saturated carbocycles. The van der Waals surface area contributed by atoms with Crippen molar-refractivity contribution >= 4 is 22.7 Å². The number of aromatic nitrogens is 2. The number of nitrogens with zero attached hydrogens (tertiary/aromatic N) is 3. The van der Waals surface area contributed by atoms with Crippen molar-refractivity contribution < 1.29 is 19.1 Å². The molecular weight excluding hydrogens is 444 g/mol. The molecule has 5 heterocycles. The Morgan fingerprint density at radius 1 is 1.00 bits per heavy atom. The fourth-order valence-corrected chi connectivity index (χ4v) is 5.60. The lowest BCUT2D eigenvalue weighted by Gasteiger charge is -2.47. The van der Waals surface area contributed by atoms with Crippen LogP contribution in [0.4, 0.5) is 0 Å². The third kappa shape index (κ3) is 3.10. The van der Waals surface area contributed by atoms with E-state index in [0.717, 1.165) is 33.3 Å². The molecule has 2 atom stereocenters. The number of rotatable bonds is 3. The molecule has 174 valence electrons. The van der Waals surface area contributed by atoms with Crippen LogP contribution >= 0.6 is 0 Å². The number of aromatic amines is 1. The van der Waals surface area contributed by atoms with E-state index in [1.54, 1.807) is 22.2 Å². The summed E-state index contributed by atoms with van der Waals surface area (Å²) in [4.78, 5) is 38.5. The van der Waals surface area contributed by atoms with Crippen molar-refractivity contribution in [2.24, 2.45) is 0 Å². The summed E-state index contributed by atoms with van der Waals surface area (Å²) in [6.45, 7) is 0.593. The minimum Gasteiger partial charge on any atom is -0.454 e. The van der Waals surface area contributed by atoms with Crippen LogP contribution in [0.1, 0.15) is 28.4 Å². The quantitative estimate of drug-likeness (QED) is 0.501. The van der Waals surface area contributed by atoms with Gasteiger partial charge in [0.2, 0.25) is 18.6 Å². The highest BCUT2D eigenvalue weighted by Gasteiger charge is 2.48. The van der Waals surface area contributed by atoms with Crippen LogP contribution in [0.15, 0.2) is 67.0 Å². The Kier molecular flexibility index (Phi) is 4.36. The topological polar surface area (TPSA) is 87.8 Å². The molecule has 2 aromatic heterocycles. The predicted molar refractivity (Wildman–Crippen MR) is 127 cm³/mol. The minimum atomic E-state index is -0.583. The van der Waals surface area contributed by atoms with Crippen LogP contribution in [0.2, 0.25) is 0 Å². The van der Waals surface area contributed by atoms with Crippen LogP contribution in [0.25, 0.3) is 10.9 Å². The fourth-order valence-electron chi connectivity index (χ4n) is 5.60. The summed E-state index contributed by atoms with van der Waals surface area (Å²) >= 11 is 0. The summed E-state index contributed by atoms with van der Waals surface area (Å²) in [6.07, 6.45) is 3.87. The van der Waals surface area contributed by atoms with Crippen molar-refractivity contribution in [2.45, 2.75) is 25.0 Å². The third-order valence-corrected chi connectivity index (χ3v) is 7.18. The third-order valence-electron chi connectivity index (χ3n) is 7.18. The average Bonchev–Trinajstić information content (AvgIpc) is 3.50. The fraction of sp³-hybridized carbons (Fsp3) is 0.222. The number of H-pyrrole nitrogens is 1. The van der Waals surface area contributed by atoms with Crippen molar-refractivity contribution in [3.8, 4) is 11.5 Å². The number of hydrogen-bond donors (Lipinski definition) is 1. The lowest BCUT2D eigenvalue weighted by molar-refractivity contribution is -0.159. The number of carbonyl (C=O) groups excluding carboxylic acids is 2. The lowest BCUT2D eigenvalue weighted by Crippen LogP contribution is -2.62. The van der Waals surface area contributed by atoms with E-state index >= 15 is 0 Å². The maximum absolute atomic E-state index is 13.8. The van der Waals surface area contributed by atoms with Gasteiger partial charge in [-0.2, -0.15) is 0 Å². The number of fused-ring (bicyclic) bond motifs is 5. The summed E-state index contributed by atoms with van der Waals surface area (Å²) in [5.41, 5.74) is 4.86. The Balaban J connectivity index is 1.35. The first-order valence-electron chi connectivity index (χ1n) is 11.7. The summed E-state index contributed by atoms with van der Waals surface area (Å²) in [6, 6.07) is 16.6. The molecule has 0 unspecified atom stereocenters. The van der Waals surface area contributed by atoms with Gasteiger partial charge >= 0.3 is 0 Å². The van der Waals surface area contributed by atoms with Gasteiger partial charge in [-0.3, -0.25) is 14.6 Å². The normalized spacial score (nSPS) is 20.8. The molecule has 0 radical (unpaired) electrons. The summed E-state index contributed by atoms with van der Waals surface area (Å²) in [5, 5.41) is 1.08. The first kappa shape index (κ1) is 20.1. The van der Waals surface area contributed by atoms with Crippen molar-refractivity contribution in [3.63, 3.8) is 0 Å². The molecule has 0 spiro atoms. The smallest absolute Gasteiger partial charge is 0.246 e. The van der Waals surface area contributed by atoms with Gasteiger partial charge in [-0.05, 0) is 47.0 Å². The average molecular weight is 466 g/mol. The molecule has 1 fully saturated rings.